The summed E-state index contributed by atoms with van der Waals surface area (Å²) in [6.07, 6.45) is 2.91. The predicted molar refractivity (Wildman–Crippen MR) is 54.8 cm³/mol. The molecule has 2 N–H and O–H groups in total. The first kappa shape index (κ1) is 10.9. The third-order valence-electron chi connectivity index (χ3n) is 2.28. The van der Waals surface area contributed by atoms with Crippen LogP contribution in [0.25, 0.3) is 0 Å². The summed E-state index contributed by atoms with van der Waals surface area (Å²) in [6, 6.07) is -0.0614. The molecule has 1 aliphatic rings. The fraction of sp³-hybridized carbons (Fsp3) is 0.889. The minimum absolute atomic E-state index is 0.0413. The third kappa shape index (κ3) is 3.19. The molecule has 1 amide bonds. The Morgan fingerprint density at radius 3 is 3.00 bits per heavy atom. The first-order valence-electron chi connectivity index (χ1n) is 4.80. The van der Waals surface area contributed by atoms with E-state index in [1.165, 1.54) is 0 Å². The van der Waals surface area contributed by atoms with E-state index < -0.39 is 0 Å². The van der Waals surface area contributed by atoms with Crippen LogP contribution < -0.4 is 5.32 Å². The SMILES string of the molecule is CC[C@@H](CO)NC(=O)C1CCCS1. The van der Waals surface area contributed by atoms with E-state index in [0.717, 1.165) is 25.0 Å². The van der Waals surface area contributed by atoms with E-state index in [2.05, 4.69) is 5.32 Å². The number of thioether (sulfide) groups is 1. The summed E-state index contributed by atoms with van der Waals surface area (Å²) in [4.78, 5) is 11.5. The number of nitrogens with one attached hydrogen (secondary N) is 1. The zero-order valence-corrected chi connectivity index (χ0v) is 8.77. The van der Waals surface area contributed by atoms with Crippen molar-refractivity contribution in [2.24, 2.45) is 0 Å². The lowest BCUT2D eigenvalue weighted by molar-refractivity contribution is -0.121. The number of carbonyl (C=O) groups is 1. The molecule has 0 aromatic rings. The summed E-state index contributed by atoms with van der Waals surface area (Å²) in [7, 11) is 0. The van der Waals surface area contributed by atoms with Gasteiger partial charge in [0.2, 0.25) is 5.91 Å². The number of hydrogen-bond donors (Lipinski definition) is 2. The zero-order valence-electron chi connectivity index (χ0n) is 7.95. The lowest BCUT2D eigenvalue weighted by atomic mass is 10.2. The molecule has 1 unspecified atom stereocenters. The molecule has 4 heteroatoms. The van der Waals surface area contributed by atoms with E-state index in [1.807, 2.05) is 6.92 Å². The van der Waals surface area contributed by atoms with E-state index in [9.17, 15) is 4.79 Å². The smallest absolute Gasteiger partial charge is 0.233 e. The van der Waals surface area contributed by atoms with Crippen LogP contribution >= 0.6 is 11.8 Å². The van der Waals surface area contributed by atoms with Crippen molar-refractivity contribution in [1.29, 1.82) is 0 Å². The minimum Gasteiger partial charge on any atom is -0.394 e. The molecule has 3 nitrogen and oxygen atoms in total. The quantitative estimate of drug-likeness (QED) is 0.709. The van der Waals surface area contributed by atoms with Gasteiger partial charge in [0, 0.05) is 0 Å². The van der Waals surface area contributed by atoms with Crippen LogP contribution in [0.3, 0.4) is 0 Å². The highest BCUT2D eigenvalue weighted by Gasteiger charge is 2.24. The lowest BCUT2D eigenvalue weighted by Gasteiger charge is -2.16. The minimum atomic E-state index is -0.0614. The predicted octanol–water partition coefficient (Wildman–Crippen LogP) is 0.769. The summed E-state index contributed by atoms with van der Waals surface area (Å²) in [6.45, 7) is 2.00. The summed E-state index contributed by atoms with van der Waals surface area (Å²) in [5.74, 6) is 1.19. The summed E-state index contributed by atoms with van der Waals surface area (Å²) >= 11 is 1.72. The van der Waals surface area contributed by atoms with Crippen LogP contribution in [-0.2, 0) is 4.79 Å². The van der Waals surface area contributed by atoms with Crippen molar-refractivity contribution >= 4 is 17.7 Å². The van der Waals surface area contributed by atoms with Gasteiger partial charge in [-0.1, -0.05) is 6.92 Å². The van der Waals surface area contributed by atoms with Gasteiger partial charge < -0.3 is 10.4 Å². The molecule has 13 heavy (non-hydrogen) atoms. The highest BCUT2D eigenvalue weighted by molar-refractivity contribution is 8.00. The Labute approximate surface area is 83.3 Å². The van der Waals surface area contributed by atoms with Gasteiger partial charge in [-0.05, 0) is 25.0 Å². The first-order chi connectivity index (χ1) is 6.27. The van der Waals surface area contributed by atoms with Gasteiger partial charge in [-0.2, -0.15) is 0 Å². The summed E-state index contributed by atoms with van der Waals surface area (Å²) in [5, 5.41) is 11.9. The molecule has 0 aromatic heterocycles. The van der Waals surface area contributed by atoms with Crippen LogP contribution in [0.15, 0.2) is 0 Å². The molecule has 0 aliphatic carbocycles. The van der Waals surface area contributed by atoms with Gasteiger partial charge in [0.05, 0.1) is 17.9 Å². The van der Waals surface area contributed by atoms with Crippen molar-refractivity contribution in [1.82, 2.24) is 5.32 Å². The third-order valence-corrected chi connectivity index (χ3v) is 3.66. The Balaban J connectivity index is 2.30. The van der Waals surface area contributed by atoms with Crippen molar-refractivity contribution in [2.45, 2.75) is 37.5 Å². The van der Waals surface area contributed by atoms with Crippen LogP contribution in [0.5, 0.6) is 0 Å². The highest BCUT2D eigenvalue weighted by Crippen LogP contribution is 2.26. The topological polar surface area (TPSA) is 49.3 Å². The van der Waals surface area contributed by atoms with E-state index in [4.69, 9.17) is 5.11 Å². The van der Waals surface area contributed by atoms with Crippen LogP contribution in [0.4, 0.5) is 0 Å². The highest BCUT2D eigenvalue weighted by atomic mass is 32.2. The normalized spacial score (nSPS) is 24.3. The Hall–Kier alpha value is -0.220. The van der Waals surface area contributed by atoms with E-state index in [0.29, 0.717) is 0 Å². The second kappa shape index (κ2) is 5.50. The first-order valence-corrected chi connectivity index (χ1v) is 5.85. The molecular formula is C9H17NO2S. The van der Waals surface area contributed by atoms with E-state index in [1.54, 1.807) is 11.8 Å². The number of aliphatic hydroxyl groups is 1. The Bertz CT molecular complexity index is 165. The molecule has 0 spiro atoms. The van der Waals surface area contributed by atoms with Crippen molar-refractivity contribution < 1.29 is 9.90 Å². The standard InChI is InChI=1S/C9H17NO2S/c1-2-7(6-11)10-9(12)8-4-3-5-13-8/h7-8,11H,2-6H2,1H3,(H,10,12)/t7-,8?/m0/s1. The second-order valence-electron chi connectivity index (χ2n) is 3.30. The van der Waals surface area contributed by atoms with Crippen LogP contribution in [0.1, 0.15) is 26.2 Å². The fourth-order valence-electron chi connectivity index (χ4n) is 1.36. The van der Waals surface area contributed by atoms with Gasteiger partial charge in [-0.15, -0.1) is 11.8 Å². The molecule has 2 atom stereocenters. The number of amides is 1. The maximum absolute atomic E-state index is 11.5. The fourth-order valence-corrected chi connectivity index (χ4v) is 2.53. The molecule has 0 aromatic carbocycles. The molecule has 1 rings (SSSR count). The molecule has 1 fully saturated rings. The van der Waals surface area contributed by atoms with Gasteiger partial charge in [0.25, 0.3) is 0 Å². The molecular weight excluding hydrogens is 186 g/mol. The Morgan fingerprint density at radius 1 is 1.77 bits per heavy atom. The molecule has 0 radical (unpaired) electrons. The number of rotatable bonds is 4. The summed E-state index contributed by atoms with van der Waals surface area (Å²) in [5.41, 5.74) is 0. The Kier molecular flexibility index (Phi) is 4.59. The average Bonchev–Trinajstić information content (AvgIpc) is 2.66. The van der Waals surface area contributed by atoms with Gasteiger partial charge in [-0.3, -0.25) is 4.79 Å². The number of carbonyl (C=O) groups excluding carboxylic acids is 1. The number of hydrogen-bond acceptors (Lipinski definition) is 3. The van der Waals surface area contributed by atoms with Gasteiger partial charge in [0.1, 0.15) is 0 Å². The van der Waals surface area contributed by atoms with Crippen molar-refractivity contribution in [3.05, 3.63) is 0 Å². The average molecular weight is 203 g/mol. The molecule has 76 valence electrons. The zero-order chi connectivity index (χ0) is 9.68. The van der Waals surface area contributed by atoms with Gasteiger partial charge in [-0.25, -0.2) is 0 Å². The van der Waals surface area contributed by atoms with Gasteiger partial charge in [0.15, 0.2) is 0 Å². The maximum Gasteiger partial charge on any atom is 0.233 e. The lowest BCUT2D eigenvalue weighted by Crippen LogP contribution is -2.41. The van der Waals surface area contributed by atoms with Crippen molar-refractivity contribution in [3.8, 4) is 0 Å². The number of aliphatic hydroxyl groups excluding tert-OH is 1. The van der Waals surface area contributed by atoms with Gasteiger partial charge >= 0.3 is 0 Å². The molecule has 0 saturated carbocycles. The van der Waals surface area contributed by atoms with Crippen molar-refractivity contribution in [3.63, 3.8) is 0 Å². The van der Waals surface area contributed by atoms with Crippen molar-refractivity contribution in [2.75, 3.05) is 12.4 Å². The monoisotopic (exact) mass is 203 g/mol. The largest absolute Gasteiger partial charge is 0.394 e. The molecule has 1 heterocycles. The van der Waals surface area contributed by atoms with E-state index >= 15 is 0 Å². The van der Waals surface area contributed by atoms with Crippen LogP contribution in [-0.4, -0.2) is 34.7 Å². The Morgan fingerprint density at radius 2 is 2.54 bits per heavy atom. The summed E-state index contributed by atoms with van der Waals surface area (Å²) < 4.78 is 0. The molecule has 1 aliphatic heterocycles. The molecule has 1 saturated heterocycles. The molecule has 0 bridgehead atoms. The van der Waals surface area contributed by atoms with Crippen LogP contribution in [0.2, 0.25) is 0 Å². The second-order valence-corrected chi connectivity index (χ2v) is 4.61. The van der Waals surface area contributed by atoms with E-state index in [-0.39, 0.29) is 23.8 Å². The van der Waals surface area contributed by atoms with Crippen LogP contribution in [0, 0.1) is 0 Å². The maximum atomic E-state index is 11.5.